The lowest BCUT2D eigenvalue weighted by Crippen LogP contribution is -2.40. The molecule has 1 aromatic rings. The molecule has 2 heterocycles. The average Bonchev–Trinajstić information content (AvgIpc) is 2.80. The lowest BCUT2D eigenvalue weighted by atomic mass is 10.1. The molecule has 1 aromatic heterocycles. The van der Waals surface area contributed by atoms with Crippen molar-refractivity contribution in [2.24, 2.45) is 5.73 Å². The number of piperidine rings is 1. The molecule has 0 aromatic carbocycles. The second-order valence-electron chi connectivity index (χ2n) is 5.03. The summed E-state index contributed by atoms with van der Waals surface area (Å²) in [6.45, 7) is 6.33. The van der Waals surface area contributed by atoms with E-state index in [-0.39, 0.29) is 0 Å². The summed E-state index contributed by atoms with van der Waals surface area (Å²) in [5.41, 5.74) is 5.89. The highest BCUT2D eigenvalue weighted by atomic mass is 15.4. The van der Waals surface area contributed by atoms with Gasteiger partial charge in [0.25, 0.3) is 0 Å². The fraction of sp³-hybridized carbons (Fsp3) is 0.833. The molecule has 96 valence electrons. The lowest BCUT2D eigenvalue weighted by Gasteiger charge is -2.28. The third kappa shape index (κ3) is 2.97. The van der Waals surface area contributed by atoms with Crippen molar-refractivity contribution in [3.05, 3.63) is 5.82 Å². The number of nitrogens with two attached hydrogens (primary N) is 1. The van der Waals surface area contributed by atoms with Gasteiger partial charge in [-0.3, -0.25) is 5.10 Å². The van der Waals surface area contributed by atoms with E-state index in [9.17, 15) is 0 Å². The van der Waals surface area contributed by atoms with Crippen LogP contribution in [0.15, 0.2) is 0 Å². The topological polar surface area (TPSA) is 70.8 Å². The van der Waals surface area contributed by atoms with Gasteiger partial charge in [-0.1, -0.05) is 20.3 Å². The Bertz CT molecular complexity index is 340. The number of aromatic amines is 1. The van der Waals surface area contributed by atoms with E-state index in [2.05, 4.69) is 33.9 Å². The van der Waals surface area contributed by atoms with Crippen molar-refractivity contribution < 1.29 is 0 Å². The predicted octanol–water partition coefficient (Wildman–Crippen LogP) is 1.64. The summed E-state index contributed by atoms with van der Waals surface area (Å²) in [5, 5.41) is 7.38. The molecule has 0 bridgehead atoms. The largest absolute Gasteiger partial charge is 0.339 e. The van der Waals surface area contributed by atoms with Crippen LogP contribution in [0.4, 0.5) is 5.95 Å². The Labute approximate surface area is 103 Å². The maximum Gasteiger partial charge on any atom is 0.244 e. The number of hydrogen-bond acceptors (Lipinski definition) is 4. The van der Waals surface area contributed by atoms with E-state index in [0.29, 0.717) is 12.0 Å². The van der Waals surface area contributed by atoms with Gasteiger partial charge in [0.15, 0.2) is 0 Å². The smallest absolute Gasteiger partial charge is 0.244 e. The van der Waals surface area contributed by atoms with Crippen LogP contribution in [0.2, 0.25) is 0 Å². The normalized spacial score (nSPS) is 19.6. The monoisotopic (exact) mass is 237 g/mol. The summed E-state index contributed by atoms with van der Waals surface area (Å²) in [6.07, 6.45) is 4.40. The number of nitrogens with one attached hydrogen (secondary N) is 1. The number of nitrogens with zero attached hydrogens (tertiary/aromatic N) is 3. The molecular weight excluding hydrogens is 214 g/mol. The van der Waals surface area contributed by atoms with Crippen LogP contribution in [0.5, 0.6) is 0 Å². The molecule has 1 unspecified atom stereocenters. The standard InChI is InChI=1S/C12H23N5/c1-3-4-9(2)11-14-12(16-15-11)17-7-5-10(13)6-8-17/h9-10H,3-8,13H2,1-2H3,(H,14,15,16). The molecule has 1 aliphatic heterocycles. The van der Waals surface area contributed by atoms with Gasteiger partial charge < -0.3 is 10.6 Å². The van der Waals surface area contributed by atoms with Crippen LogP contribution in [0.25, 0.3) is 0 Å². The van der Waals surface area contributed by atoms with Gasteiger partial charge in [0.1, 0.15) is 5.82 Å². The summed E-state index contributed by atoms with van der Waals surface area (Å²) in [4.78, 5) is 6.82. The second-order valence-corrected chi connectivity index (χ2v) is 5.03. The molecule has 5 nitrogen and oxygen atoms in total. The Morgan fingerprint density at radius 3 is 2.82 bits per heavy atom. The molecule has 0 amide bonds. The van der Waals surface area contributed by atoms with E-state index in [1.807, 2.05) is 0 Å². The third-order valence-corrected chi connectivity index (χ3v) is 3.50. The maximum atomic E-state index is 5.89. The summed E-state index contributed by atoms with van der Waals surface area (Å²) >= 11 is 0. The fourth-order valence-corrected chi connectivity index (χ4v) is 2.30. The van der Waals surface area contributed by atoms with Crippen LogP contribution in [-0.4, -0.2) is 34.3 Å². The minimum atomic E-state index is 0.351. The quantitative estimate of drug-likeness (QED) is 0.835. The maximum absolute atomic E-state index is 5.89. The van der Waals surface area contributed by atoms with E-state index < -0.39 is 0 Å². The second kappa shape index (κ2) is 5.49. The zero-order valence-corrected chi connectivity index (χ0v) is 10.8. The van der Waals surface area contributed by atoms with Crippen molar-refractivity contribution in [1.29, 1.82) is 0 Å². The number of rotatable bonds is 4. The van der Waals surface area contributed by atoms with Gasteiger partial charge in [-0.25, -0.2) is 0 Å². The SMILES string of the molecule is CCCC(C)c1nc(N2CCC(N)CC2)n[nH]1. The Hall–Kier alpha value is -1.10. The van der Waals surface area contributed by atoms with Gasteiger partial charge in [0, 0.05) is 25.0 Å². The zero-order chi connectivity index (χ0) is 12.3. The predicted molar refractivity (Wildman–Crippen MR) is 69.1 cm³/mol. The molecule has 1 fully saturated rings. The number of anilines is 1. The first-order chi connectivity index (χ1) is 8.20. The van der Waals surface area contributed by atoms with Crippen molar-refractivity contribution in [3.8, 4) is 0 Å². The first-order valence-electron chi connectivity index (χ1n) is 6.63. The van der Waals surface area contributed by atoms with Crippen LogP contribution in [0, 0.1) is 0 Å². The Morgan fingerprint density at radius 2 is 2.18 bits per heavy atom. The average molecular weight is 237 g/mol. The first kappa shape index (κ1) is 12.4. The van der Waals surface area contributed by atoms with Crippen LogP contribution < -0.4 is 10.6 Å². The van der Waals surface area contributed by atoms with Crippen LogP contribution in [0.3, 0.4) is 0 Å². The Kier molecular flexibility index (Phi) is 3.99. The molecule has 1 aliphatic rings. The molecule has 0 spiro atoms. The fourth-order valence-electron chi connectivity index (χ4n) is 2.30. The van der Waals surface area contributed by atoms with Crippen molar-refractivity contribution in [2.45, 2.75) is 51.5 Å². The van der Waals surface area contributed by atoms with Gasteiger partial charge in [-0.15, -0.1) is 5.10 Å². The highest BCUT2D eigenvalue weighted by Crippen LogP contribution is 2.20. The van der Waals surface area contributed by atoms with Crippen molar-refractivity contribution >= 4 is 5.95 Å². The summed E-state index contributed by atoms with van der Waals surface area (Å²) in [5.74, 6) is 2.32. The summed E-state index contributed by atoms with van der Waals surface area (Å²) in [7, 11) is 0. The van der Waals surface area contributed by atoms with Crippen molar-refractivity contribution in [1.82, 2.24) is 15.2 Å². The van der Waals surface area contributed by atoms with Gasteiger partial charge in [-0.2, -0.15) is 4.98 Å². The first-order valence-corrected chi connectivity index (χ1v) is 6.63. The highest BCUT2D eigenvalue weighted by molar-refractivity contribution is 5.29. The molecule has 5 heteroatoms. The molecule has 2 rings (SSSR count). The van der Waals surface area contributed by atoms with E-state index in [1.165, 1.54) is 6.42 Å². The van der Waals surface area contributed by atoms with Gasteiger partial charge in [0.05, 0.1) is 0 Å². The van der Waals surface area contributed by atoms with Gasteiger partial charge in [0.2, 0.25) is 5.95 Å². The number of H-pyrrole nitrogens is 1. The molecule has 3 N–H and O–H groups in total. The molecule has 0 radical (unpaired) electrons. The minimum Gasteiger partial charge on any atom is -0.339 e. The van der Waals surface area contributed by atoms with Crippen LogP contribution in [0.1, 0.15) is 51.3 Å². The molecule has 0 saturated carbocycles. The van der Waals surface area contributed by atoms with Crippen molar-refractivity contribution in [3.63, 3.8) is 0 Å². The van der Waals surface area contributed by atoms with E-state index in [0.717, 1.165) is 44.1 Å². The third-order valence-electron chi connectivity index (χ3n) is 3.50. The molecule has 17 heavy (non-hydrogen) atoms. The minimum absolute atomic E-state index is 0.351. The molecule has 1 saturated heterocycles. The van der Waals surface area contributed by atoms with Gasteiger partial charge >= 0.3 is 0 Å². The number of hydrogen-bond donors (Lipinski definition) is 2. The van der Waals surface area contributed by atoms with E-state index in [4.69, 9.17) is 5.73 Å². The Morgan fingerprint density at radius 1 is 1.47 bits per heavy atom. The van der Waals surface area contributed by atoms with E-state index in [1.54, 1.807) is 0 Å². The summed E-state index contributed by atoms with van der Waals surface area (Å²) < 4.78 is 0. The molecule has 1 atom stereocenters. The molecular formula is C12H23N5. The zero-order valence-electron chi connectivity index (χ0n) is 10.8. The number of aromatic nitrogens is 3. The highest BCUT2D eigenvalue weighted by Gasteiger charge is 2.20. The van der Waals surface area contributed by atoms with Crippen molar-refractivity contribution in [2.75, 3.05) is 18.0 Å². The molecule has 0 aliphatic carbocycles. The van der Waals surface area contributed by atoms with Crippen LogP contribution >= 0.6 is 0 Å². The van der Waals surface area contributed by atoms with E-state index >= 15 is 0 Å². The van der Waals surface area contributed by atoms with Gasteiger partial charge in [-0.05, 0) is 19.3 Å². The summed E-state index contributed by atoms with van der Waals surface area (Å²) in [6, 6.07) is 0.351. The van der Waals surface area contributed by atoms with Crippen LogP contribution in [-0.2, 0) is 0 Å². The Balaban J connectivity index is 1.98. The lowest BCUT2D eigenvalue weighted by molar-refractivity contribution is 0.496.